The van der Waals surface area contributed by atoms with E-state index in [1.54, 1.807) is 26.2 Å². The van der Waals surface area contributed by atoms with Crippen LogP contribution in [0.3, 0.4) is 0 Å². The quantitative estimate of drug-likeness (QED) is 0.438. The first-order valence-corrected chi connectivity index (χ1v) is 12.2. The van der Waals surface area contributed by atoms with Gasteiger partial charge in [0, 0.05) is 63.4 Å². The second kappa shape index (κ2) is 11.0. The first kappa shape index (κ1) is 25.6. The smallest absolute Gasteiger partial charge is 0.219 e. The predicted molar refractivity (Wildman–Crippen MR) is 139 cm³/mol. The summed E-state index contributed by atoms with van der Waals surface area (Å²) in [5, 5.41) is 0.387. The lowest BCUT2D eigenvalue weighted by Crippen LogP contribution is -2.48. The van der Waals surface area contributed by atoms with Gasteiger partial charge in [0.05, 0.1) is 20.8 Å². The van der Waals surface area contributed by atoms with E-state index in [4.69, 9.17) is 18.6 Å². The van der Waals surface area contributed by atoms with Crippen LogP contribution in [0.5, 0.6) is 17.2 Å². The Balaban J connectivity index is 1.46. The van der Waals surface area contributed by atoms with Gasteiger partial charge in [0.25, 0.3) is 0 Å². The largest absolute Gasteiger partial charge is 0.496 e. The molecule has 1 aromatic heterocycles. The molecule has 8 heteroatoms. The van der Waals surface area contributed by atoms with Gasteiger partial charge in [-0.2, -0.15) is 0 Å². The van der Waals surface area contributed by atoms with Crippen LogP contribution in [0.1, 0.15) is 24.5 Å². The molecule has 1 aliphatic heterocycles. The highest BCUT2D eigenvalue weighted by Gasteiger charge is 2.18. The zero-order valence-corrected chi connectivity index (χ0v) is 21.7. The number of hydrogen-bond donors (Lipinski definition) is 0. The predicted octanol–water partition coefficient (Wildman–Crippen LogP) is 4.03. The lowest BCUT2D eigenvalue weighted by molar-refractivity contribution is -0.130. The van der Waals surface area contributed by atoms with Crippen LogP contribution in [0.4, 0.5) is 0 Å². The summed E-state index contributed by atoms with van der Waals surface area (Å²) in [6, 6.07) is 8.82. The number of aryl methyl sites for hydroxylation is 2. The van der Waals surface area contributed by atoms with Crippen molar-refractivity contribution in [3.8, 4) is 28.6 Å². The van der Waals surface area contributed by atoms with Crippen molar-refractivity contribution in [3.63, 3.8) is 0 Å². The number of amides is 1. The van der Waals surface area contributed by atoms with Crippen molar-refractivity contribution in [1.29, 1.82) is 0 Å². The fourth-order valence-electron chi connectivity index (χ4n) is 4.72. The van der Waals surface area contributed by atoms with Gasteiger partial charge in [-0.25, -0.2) is 0 Å². The third-order valence-corrected chi connectivity index (χ3v) is 6.65. The molecule has 8 nitrogen and oxygen atoms in total. The lowest BCUT2D eigenvalue weighted by Gasteiger charge is -2.34. The number of benzene rings is 2. The first-order chi connectivity index (χ1) is 17.3. The molecule has 4 rings (SSSR count). The minimum Gasteiger partial charge on any atom is -0.496 e. The van der Waals surface area contributed by atoms with Crippen molar-refractivity contribution in [1.82, 2.24) is 9.80 Å². The average molecular weight is 495 g/mol. The summed E-state index contributed by atoms with van der Waals surface area (Å²) in [6.07, 6.45) is 0.907. The molecule has 0 bridgehead atoms. The molecule has 0 N–H and O–H groups in total. The molecule has 1 fully saturated rings. The summed E-state index contributed by atoms with van der Waals surface area (Å²) in [7, 11) is 3.07. The minimum absolute atomic E-state index is 0.148. The number of hydrogen-bond acceptors (Lipinski definition) is 7. The van der Waals surface area contributed by atoms with Gasteiger partial charge in [0.15, 0.2) is 5.43 Å². The van der Waals surface area contributed by atoms with Gasteiger partial charge in [-0.15, -0.1) is 0 Å². The summed E-state index contributed by atoms with van der Waals surface area (Å²) in [5.74, 6) is 2.45. The lowest BCUT2D eigenvalue weighted by atomic mass is 10.0. The molecule has 0 saturated carbocycles. The summed E-state index contributed by atoms with van der Waals surface area (Å²) >= 11 is 0. The number of piperazine rings is 1. The maximum atomic E-state index is 12.9. The molecule has 0 aliphatic carbocycles. The van der Waals surface area contributed by atoms with E-state index < -0.39 is 0 Å². The van der Waals surface area contributed by atoms with Gasteiger partial charge in [-0.05, 0) is 43.5 Å². The molecule has 0 radical (unpaired) electrons. The molecule has 192 valence electrons. The second-order valence-corrected chi connectivity index (χ2v) is 9.17. The fraction of sp³-hybridized carbons (Fsp3) is 0.429. The van der Waals surface area contributed by atoms with Crippen molar-refractivity contribution in [3.05, 3.63) is 51.7 Å². The van der Waals surface area contributed by atoms with E-state index >= 15 is 0 Å². The Morgan fingerprint density at radius 3 is 2.28 bits per heavy atom. The van der Waals surface area contributed by atoms with Crippen LogP contribution in [0.2, 0.25) is 0 Å². The van der Waals surface area contributed by atoms with Crippen molar-refractivity contribution < 1.29 is 23.4 Å². The highest BCUT2D eigenvalue weighted by molar-refractivity contribution is 5.86. The number of nitrogens with zero attached hydrogens (tertiary/aromatic N) is 2. The first-order valence-electron chi connectivity index (χ1n) is 12.2. The molecular formula is C28H34N2O6. The third-order valence-electron chi connectivity index (χ3n) is 6.65. The van der Waals surface area contributed by atoms with Crippen LogP contribution in [0.15, 0.2) is 39.5 Å². The normalized spacial score (nSPS) is 14.2. The summed E-state index contributed by atoms with van der Waals surface area (Å²) in [6.45, 7) is 10.6. The molecule has 3 aromatic rings. The van der Waals surface area contributed by atoms with E-state index in [-0.39, 0.29) is 11.3 Å². The molecule has 1 aliphatic rings. The fourth-order valence-corrected chi connectivity index (χ4v) is 4.72. The topological polar surface area (TPSA) is 81.5 Å². The number of methoxy groups -OCH3 is 2. The molecule has 1 amide bonds. The summed E-state index contributed by atoms with van der Waals surface area (Å²) in [5.41, 5.74) is 3.00. The number of carbonyl (C=O) groups excluding carboxylic acids is 1. The SMILES string of the molecule is COc1cc(OC)c2c(=O)cc(-c3cc(C)c(OCCCN4CCN(C(C)=O)CC4)c(C)c3)oc2c1. The Hall–Kier alpha value is -3.52. The third kappa shape index (κ3) is 5.49. The van der Waals surface area contributed by atoms with Crippen LogP contribution in [0, 0.1) is 13.8 Å². The molecule has 1 saturated heterocycles. The van der Waals surface area contributed by atoms with Gasteiger partial charge >= 0.3 is 0 Å². The Labute approximate surface area is 211 Å². The Kier molecular flexibility index (Phi) is 7.84. The Bertz CT molecular complexity index is 1280. The maximum Gasteiger partial charge on any atom is 0.219 e. The number of ether oxygens (including phenoxy) is 3. The van der Waals surface area contributed by atoms with Gasteiger partial charge < -0.3 is 23.5 Å². The van der Waals surface area contributed by atoms with Gasteiger partial charge in [-0.3, -0.25) is 14.5 Å². The summed E-state index contributed by atoms with van der Waals surface area (Å²) < 4.78 is 23.0. The number of rotatable bonds is 8. The van der Waals surface area contributed by atoms with Crippen LogP contribution in [-0.2, 0) is 4.79 Å². The summed E-state index contributed by atoms with van der Waals surface area (Å²) in [4.78, 5) is 28.7. The van der Waals surface area contributed by atoms with E-state index in [1.165, 1.54) is 13.2 Å². The van der Waals surface area contributed by atoms with E-state index in [0.29, 0.717) is 34.8 Å². The monoisotopic (exact) mass is 494 g/mol. The van der Waals surface area contributed by atoms with E-state index in [1.807, 2.05) is 30.9 Å². The highest BCUT2D eigenvalue weighted by Crippen LogP contribution is 2.34. The van der Waals surface area contributed by atoms with Gasteiger partial charge in [0.1, 0.15) is 34.0 Å². The molecule has 2 aromatic carbocycles. The van der Waals surface area contributed by atoms with Crippen molar-refractivity contribution in [2.45, 2.75) is 27.2 Å². The molecule has 0 unspecified atom stereocenters. The van der Waals surface area contributed by atoms with Gasteiger partial charge in [0.2, 0.25) is 5.91 Å². The number of fused-ring (bicyclic) bond motifs is 1. The zero-order valence-electron chi connectivity index (χ0n) is 21.7. The van der Waals surface area contributed by atoms with Crippen LogP contribution in [-0.4, -0.2) is 69.3 Å². The maximum absolute atomic E-state index is 12.9. The molecule has 0 atom stereocenters. The zero-order chi connectivity index (χ0) is 25.8. The van der Waals surface area contributed by atoms with Crippen LogP contribution >= 0.6 is 0 Å². The molecular weight excluding hydrogens is 460 g/mol. The van der Waals surface area contributed by atoms with E-state index in [9.17, 15) is 9.59 Å². The number of carbonyl (C=O) groups is 1. The standard InChI is InChI=1S/C28H34N2O6/c1-18-13-21(24-17-23(32)27-25(34-5)15-22(33-4)16-26(27)36-24)14-19(2)28(18)35-12-6-7-29-8-10-30(11-9-29)20(3)31/h13-17H,6-12H2,1-5H3. The molecule has 0 spiro atoms. The van der Waals surface area contributed by atoms with Crippen LogP contribution < -0.4 is 19.6 Å². The van der Waals surface area contributed by atoms with E-state index in [0.717, 1.165) is 61.6 Å². The molecule has 36 heavy (non-hydrogen) atoms. The van der Waals surface area contributed by atoms with Crippen molar-refractivity contribution in [2.24, 2.45) is 0 Å². The van der Waals surface area contributed by atoms with E-state index in [2.05, 4.69) is 4.90 Å². The average Bonchev–Trinajstić information content (AvgIpc) is 2.86. The van der Waals surface area contributed by atoms with Crippen molar-refractivity contribution >= 4 is 16.9 Å². The highest BCUT2D eigenvalue weighted by atomic mass is 16.5. The van der Waals surface area contributed by atoms with Crippen LogP contribution in [0.25, 0.3) is 22.3 Å². The van der Waals surface area contributed by atoms with Gasteiger partial charge in [-0.1, -0.05) is 0 Å². The van der Waals surface area contributed by atoms with Crippen molar-refractivity contribution in [2.75, 3.05) is 53.6 Å². The molecule has 2 heterocycles. The minimum atomic E-state index is -0.175. The second-order valence-electron chi connectivity index (χ2n) is 9.17. The Morgan fingerprint density at radius 1 is 0.972 bits per heavy atom. The Morgan fingerprint density at radius 2 is 1.67 bits per heavy atom.